The Morgan fingerprint density at radius 2 is 1.20 bits per heavy atom. The van der Waals surface area contributed by atoms with Crippen LogP contribution >= 0.6 is 11.3 Å². The summed E-state index contributed by atoms with van der Waals surface area (Å²) in [6, 6.07) is 63.9. The Hall–Kier alpha value is -6.68. The zero-order valence-corrected chi connectivity index (χ0v) is 30.8. The van der Waals surface area contributed by atoms with Crippen molar-refractivity contribution in [1.29, 1.82) is 0 Å². The Bertz CT molecular complexity index is 3150. The molecule has 1 aliphatic rings. The van der Waals surface area contributed by atoms with Crippen molar-refractivity contribution in [3.63, 3.8) is 0 Å². The molecule has 11 rings (SSSR count). The van der Waals surface area contributed by atoms with Crippen molar-refractivity contribution in [2.75, 3.05) is 4.90 Å². The van der Waals surface area contributed by atoms with E-state index in [1.165, 1.54) is 64.5 Å². The maximum Gasteiger partial charge on any atom is 0.143 e. The van der Waals surface area contributed by atoms with Crippen molar-refractivity contribution in [1.82, 2.24) is 0 Å². The smallest absolute Gasteiger partial charge is 0.143 e. The molecule has 0 amide bonds. The number of hydrogen-bond donors (Lipinski definition) is 0. The summed E-state index contributed by atoms with van der Waals surface area (Å²) in [5, 5.41) is 7.40. The lowest BCUT2D eigenvalue weighted by atomic mass is 9.92. The van der Waals surface area contributed by atoms with E-state index >= 15 is 0 Å². The van der Waals surface area contributed by atoms with Gasteiger partial charge in [0.25, 0.3) is 0 Å². The van der Waals surface area contributed by atoms with Gasteiger partial charge in [-0.1, -0.05) is 152 Å². The maximum absolute atomic E-state index is 6.55. The van der Waals surface area contributed by atoms with Gasteiger partial charge in [-0.25, -0.2) is 0 Å². The monoisotopic (exact) mass is 721 g/mol. The molecule has 0 fully saturated rings. The minimum atomic E-state index is 0.0364. The zero-order chi connectivity index (χ0) is 36.3. The van der Waals surface area contributed by atoms with E-state index in [4.69, 9.17) is 4.42 Å². The van der Waals surface area contributed by atoms with Gasteiger partial charge in [0, 0.05) is 53.4 Å². The van der Waals surface area contributed by atoms with Crippen LogP contribution in [-0.4, -0.2) is 6.04 Å². The van der Waals surface area contributed by atoms with Crippen LogP contribution in [-0.2, 0) is 0 Å². The van der Waals surface area contributed by atoms with Gasteiger partial charge in [0.2, 0.25) is 0 Å². The van der Waals surface area contributed by atoms with Crippen LogP contribution < -0.4 is 4.90 Å². The topological polar surface area (TPSA) is 16.4 Å². The van der Waals surface area contributed by atoms with E-state index in [1.807, 2.05) is 17.4 Å². The summed E-state index contributed by atoms with van der Waals surface area (Å²) in [6.45, 7) is 0. The Kier molecular flexibility index (Phi) is 7.53. The zero-order valence-electron chi connectivity index (χ0n) is 30.0. The summed E-state index contributed by atoms with van der Waals surface area (Å²) >= 11 is 1.86. The molecule has 0 saturated heterocycles. The van der Waals surface area contributed by atoms with Crippen molar-refractivity contribution in [2.24, 2.45) is 0 Å². The lowest BCUT2D eigenvalue weighted by Gasteiger charge is -2.35. The molecule has 1 aliphatic carbocycles. The molecule has 1 atom stereocenters. The highest BCUT2D eigenvalue weighted by Gasteiger charge is 2.25. The van der Waals surface area contributed by atoms with E-state index in [1.54, 1.807) is 0 Å². The number of nitrogens with zero attached hydrogens (tertiary/aromatic N) is 1. The number of rotatable bonds is 6. The third-order valence-electron chi connectivity index (χ3n) is 11.2. The molecule has 0 spiro atoms. The lowest BCUT2D eigenvalue weighted by molar-refractivity contribution is 0.667. The van der Waals surface area contributed by atoms with E-state index < -0.39 is 0 Å². The first-order valence-corrected chi connectivity index (χ1v) is 19.8. The Morgan fingerprint density at radius 3 is 2.16 bits per heavy atom. The van der Waals surface area contributed by atoms with Gasteiger partial charge in [-0.05, 0) is 81.9 Å². The summed E-state index contributed by atoms with van der Waals surface area (Å²) < 4.78 is 9.19. The van der Waals surface area contributed by atoms with Gasteiger partial charge < -0.3 is 9.32 Å². The number of fused-ring (bicyclic) bond motifs is 7. The predicted octanol–water partition coefficient (Wildman–Crippen LogP) is 15.0. The van der Waals surface area contributed by atoms with Crippen molar-refractivity contribution in [2.45, 2.75) is 12.5 Å². The van der Waals surface area contributed by atoms with Crippen LogP contribution in [0.25, 0.3) is 80.7 Å². The normalized spacial score (nSPS) is 14.3. The molecule has 3 heteroatoms. The fourth-order valence-electron chi connectivity index (χ4n) is 8.62. The average molecular weight is 722 g/mol. The van der Waals surface area contributed by atoms with E-state index in [-0.39, 0.29) is 6.04 Å². The summed E-state index contributed by atoms with van der Waals surface area (Å²) in [4.78, 5) is 2.56. The highest BCUT2D eigenvalue weighted by molar-refractivity contribution is 7.25. The third kappa shape index (κ3) is 5.39. The molecule has 10 aromatic rings. The molecule has 2 nitrogen and oxygen atoms in total. The van der Waals surface area contributed by atoms with E-state index in [9.17, 15) is 0 Å². The first-order valence-electron chi connectivity index (χ1n) is 18.9. The van der Waals surface area contributed by atoms with Gasteiger partial charge in [0.05, 0.1) is 6.04 Å². The van der Waals surface area contributed by atoms with E-state index in [2.05, 4.69) is 193 Å². The quantitative estimate of drug-likeness (QED) is 0.170. The number of anilines is 2. The minimum absolute atomic E-state index is 0.0364. The number of para-hydroxylation sites is 3. The number of benzene rings is 8. The summed E-state index contributed by atoms with van der Waals surface area (Å²) in [5.41, 5.74) is 11.3. The molecule has 0 aliphatic heterocycles. The molecule has 0 saturated carbocycles. The number of furan rings is 1. The highest BCUT2D eigenvalue weighted by atomic mass is 32.1. The highest BCUT2D eigenvalue weighted by Crippen LogP contribution is 2.44. The number of allylic oxidation sites excluding steroid dienone is 2. The van der Waals surface area contributed by atoms with Crippen LogP contribution in [0.2, 0.25) is 0 Å². The van der Waals surface area contributed by atoms with Gasteiger partial charge >= 0.3 is 0 Å². The van der Waals surface area contributed by atoms with Crippen LogP contribution in [0.4, 0.5) is 11.4 Å². The molecule has 2 aromatic heterocycles. The van der Waals surface area contributed by atoms with Crippen LogP contribution in [0.15, 0.2) is 199 Å². The predicted molar refractivity (Wildman–Crippen MR) is 236 cm³/mol. The molecule has 55 heavy (non-hydrogen) atoms. The Labute approximate surface area is 323 Å². The maximum atomic E-state index is 6.55. The Morgan fingerprint density at radius 1 is 0.509 bits per heavy atom. The van der Waals surface area contributed by atoms with Crippen molar-refractivity contribution < 1.29 is 4.42 Å². The molecule has 0 bridgehead atoms. The summed E-state index contributed by atoms with van der Waals surface area (Å²) in [5.74, 6) is 0. The van der Waals surface area contributed by atoms with Gasteiger partial charge in [-0.3, -0.25) is 0 Å². The van der Waals surface area contributed by atoms with Crippen LogP contribution in [0.5, 0.6) is 0 Å². The van der Waals surface area contributed by atoms with E-state index in [0.717, 1.165) is 39.6 Å². The van der Waals surface area contributed by atoms with E-state index in [0.29, 0.717) is 0 Å². The average Bonchev–Trinajstić information content (AvgIpc) is 3.82. The molecule has 1 unspecified atom stereocenters. The van der Waals surface area contributed by atoms with Crippen LogP contribution in [0.1, 0.15) is 12.0 Å². The van der Waals surface area contributed by atoms with Crippen molar-refractivity contribution >= 4 is 81.2 Å². The van der Waals surface area contributed by atoms with Crippen molar-refractivity contribution in [3.8, 4) is 22.3 Å². The fourth-order valence-corrected chi connectivity index (χ4v) is 9.71. The van der Waals surface area contributed by atoms with Gasteiger partial charge in [0.15, 0.2) is 0 Å². The van der Waals surface area contributed by atoms with Gasteiger partial charge in [-0.15, -0.1) is 11.3 Å². The number of thiophene rings is 1. The molecular formula is C52H35NOS. The first kappa shape index (κ1) is 31.8. The molecule has 8 aromatic carbocycles. The minimum Gasteiger partial charge on any atom is -0.455 e. The summed E-state index contributed by atoms with van der Waals surface area (Å²) in [6.07, 6.45) is 7.90. The molecule has 260 valence electrons. The van der Waals surface area contributed by atoms with Gasteiger partial charge in [0.1, 0.15) is 11.2 Å². The standard InChI is InChI=1S/C52H35NOS/c1-2-19-40-34(13-1)14-11-24-42(40)43-20-3-6-26-48(43)53(38-17-9-15-35(31-38)36-29-30-51-47(33-36)45-22-5-8-28-50(45)55-51)39-18-10-16-37(32-39)41-23-12-25-46-44-21-4-7-27-49(44)54-52(41)46/h1-17,19-33,39H,18H2. The van der Waals surface area contributed by atoms with Crippen molar-refractivity contribution in [3.05, 3.63) is 200 Å². The second kappa shape index (κ2) is 13.0. The molecule has 2 heterocycles. The Balaban J connectivity index is 1.10. The first-order chi connectivity index (χ1) is 27.3. The largest absolute Gasteiger partial charge is 0.455 e. The van der Waals surface area contributed by atoms with Crippen LogP contribution in [0.3, 0.4) is 0 Å². The second-order valence-electron chi connectivity index (χ2n) is 14.4. The van der Waals surface area contributed by atoms with Gasteiger partial charge in [-0.2, -0.15) is 0 Å². The second-order valence-corrected chi connectivity index (χ2v) is 15.5. The SMILES string of the molecule is C1=CC(c2cccc3c2oc2ccccc23)=CC(N(c2cccc(-c3ccc4sc5ccccc5c4c3)c2)c2ccccc2-c2cccc3ccccc23)C1. The number of hydrogen-bond acceptors (Lipinski definition) is 3. The third-order valence-corrected chi connectivity index (χ3v) is 12.3. The summed E-state index contributed by atoms with van der Waals surface area (Å²) in [7, 11) is 0. The lowest BCUT2D eigenvalue weighted by Crippen LogP contribution is -2.30. The molecule has 0 radical (unpaired) electrons. The molecular weight excluding hydrogens is 687 g/mol. The molecule has 0 N–H and O–H groups in total. The fraction of sp³-hybridized carbons (Fsp3) is 0.0385. The van der Waals surface area contributed by atoms with Crippen LogP contribution in [0, 0.1) is 0 Å².